The van der Waals surface area contributed by atoms with Gasteiger partial charge in [-0.25, -0.2) is 4.79 Å². The molecule has 1 N–H and O–H groups in total. The largest absolute Gasteiger partial charge is 0.479 e. The lowest BCUT2D eigenvalue weighted by molar-refractivity contribution is -0.384. The molecule has 2 rings (SSSR count). The van der Waals surface area contributed by atoms with E-state index in [0.29, 0.717) is 12.8 Å². The molecule has 0 aromatic heterocycles. The summed E-state index contributed by atoms with van der Waals surface area (Å²) >= 11 is 0. The fourth-order valence-electron chi connectivity index (χ4n) is 2.90. The van der Waals surface area contributed by atoms with Gasteiger partial charge in [0.25, 0.3) is 5.69 Å². The summed E-state index contributed by atoms with van der Waals surface area (Å²) in [6.07, 6.45) is -0.859. The molecule has 1 aromatic rings. The van der Waals surface area contributed by atoms with Crippen LogP contribution in [0.15, 0.2) is 24.3 Å². The molecule has 1 aliphatic heterocycles. The summed E-state index contributed by atoms with van der Waals surface area (Å²) in [6.45, 7) is 3.69. The summed E-state index contributed by atoms with van der Waals surface area (Å²) in [4.78, 5) is 47.5. The van der Waals surface area contributed by atoms with E-state index in [0.717, 1.165) is 4.90 Å². The van der Waals surface area contributed by atoms with Crippen molar-refractivity contribution in [2.24, 2.45) is 5.92 Å². The summed E-state index contributed by atoms with van der Waals surface area (Å²) in [5, 5.41) is 20.2. The van der Waals surface area contributed by atoms with Gasteiger partial charge in [0.1, 0.15) is 0 Å². The van der Waals surface area contributed by atoms with E-state index >= 15 is 0 Å². The van der Waals surface area contributed by atoms with E-state index in [1.54, 1.807) is 0 Å². The number of aliphatic carboxylic acids is 1. The van der Waals surface area contributed by atoms with Gasteiger partial charge in [0.2, 0.25) is 11.8 Å². The van der Waals surface area contributed by atoms with Crippen molar-refractivity contribution in [2.45, 2.75) is 45.3 Å². The molecule has 0 aliphatic carbocycles. The van der Waals surface area contributed by atoms with E-state index < -0.39 is 34.7 Å². The number of carboxylic acids is 1. The van der Waals surface area contributed by atoms with Crippen LogP contribution in [0.5, 0.6) is 0 Å². The number of benzene rings is 1. The van der Waals surface area contributed by atoms with Gasteiger partial charge in [0.15, 0.2) is 6.10 Å². The van der Waals surface area contributed by atoms with Gasteiger partial charge < -0.3 is 9.84 Å². The number of imide groups is 1. The van der Waals surface area contributed by atoms with Crippen molar-refractivity contribution >= 4 is 29.2 Å². The number of carbonyl (C=O) groups excluding carboxylic acids is 2. The average Bonchev–Trinajstić information content (AvgIpc) is 2.90. The number of nitro groups is 1. The first-order valence-electron chi connectivity index (χ1n) is 8.29. The van der Waals surface area contributed by atoms with Crippen LogP contribution in [0.3, 0.4) is 0 Å². The number of carbonyl (C=O) groups is 3. The number of non-ortho nitro benzene ring substituents is 1. The first-order valence-corrected chi connectivity index (χ1v) is 8.29. The van der Waals surface area contributed by atoms with Crippen LogP contribution in [-0.2, 0) is 19.1 Å². The van der Waals surface area contributed by atoms with Crippen LogP contribution in [0.2, 0.25) is 0 Å². The summed E-state index contributed by atoms with van der Waals surface area (Å²) in [5.41, 5.74) is -0.00959. The van der Waals surface area contributed by atoms with E-state index in [4.69, 9.17) is 4.74 Å². The zero-order chi connectivity index (χ0) is 19.4. The smallest absolute Gasteiger partial charge is 0.333 e. The van der Waals surface area contributed by atoms with Crippen molar-refractivity contribution in [1.82, 2.24) is 0 Å². The Hall–Kier alpha value is -2.81. The Labute approximate surface area is 149 Å². The monoisotopic (exact) mass is 364 g/mol. The maximum atomic E-state index is 12.7. The van der Waals surface area contributed by atoms with Crippen molar-refractivity contribution in [3.8, 4) is 0 Å². The number of nitro benzene ring substituents is 1. The highest BCUT2D eigenvalue weighted by Gasteiger charge is 2.47. The molecule has 9 heteroatoms. The van der Waals surface area contributed by atoms with Gasteiger partial charge in [0, 0.05) is 18.6 Å². The number of anilines is 1. The van der Waals surface area contributed by atoms with E-state index in [-0.39, 0.29) is 23.9 Å². The maximum Gasteiger partial charge on any atom is 0.333 e. The topological polar surface area (TPSA) is 127 Å². The van der Waals surface area contributed by atoms with Crippen LogP contribution in [0.1, 0.15) is 33.1 Å². The molecule has 1 fully saturated rings. The first kappa shape index (κ1) is 19.5. The van der Waals surface area contributed by atoms with E-state index in [2.05, 4.69) is 0 Å². The Morgan fingerprint density at radius 2 is 1.88 bits per heavy atom. The first-order chi connectivity index (χ1) is 12.3. The molecule has 26 heavy (non-hydrogen) atoms. The predicted octanol–water partition coefficient (Wildman–Crippen LogP) is 2.13. The van der Waals surface area contributed by atoms with E-state index in [1.807, 2.05) is 13.8 Å². The molecule has 0 bridgehead atoms. The van der Waals surface area contributed by atoms with E-state index in [1.165, 1.54) is 24.3 Å². The molecule has 0 saturated carbocycles. The zero-order valence-electron chi connectivity index (χ0n) is 14.5. The number of amides is 2. The van der Waals surface area contributed by atoms with Crippen molar-refractivity contribution in [3.63, 3.8) is 0 Å². The molecule has 1 heterocycles. The van der Waals surface area contributed by atoms with Gasteiger partial charge >= 0.3 is 5.97 Å². The Kier molecular flexibility index (Phi) is 6.04. The lowest BCUT2D eigenvalue weighted by atomic mass is 10.00. The Morgan fingerprint density at radius 3 is 2.35 bits per heavy atom. The summed E-state index contributed by atoms with van der Waals surface area (Å²) < 4.78 is 5.56. The van der Waals surface area contributed by atoms with Crippen molar-refractivity contribution in [1.29, 1.82) is 0 Å². The van der Waals surface area contributed by atoms with Crippen molar-refractivity contribution in [3.05, 3.63) is 34.4 Å². The highest BCUT2D eigenvalue weighted by molar-refractivity contribution is 6.21. The van der Waals surface area contributed by atoms with Gasteiger partial charge in [0.05, 0.1) is 22.6 Å². The quantitative estimate of drug-likeness (QED) is 0.425. The summed E-state index contributed by atoms with van der Waals surface area (Å²) in [5.74, 6) is -3.67. The number of nitrogens with zero attached hydrogens (tertiary/aromatic N) is 2. The van der Waals surface area contributed by atoms with Gasteiger partial charge in [-0.05, 0) is 25.0 Å². The third-order valence-corrected chi connectivity index (χ3v) is 4.36. The second-order valence-electron chi connectivity index (χ2n) is 5.98. The van der Waals surface area contributed by atoms with Crippen LogP contribution in [-0.4, -0.2) is 40.0 Å². The van der Waals surface area contributed by atoms with Gasteiger partial charge in [-0.3, -0.25) is 24.6 Å². The molecule has 1 aliphatic rings. The lowest BCUT2D eigenvalue weighted by Gasteiger charge is -2.24. The molecule has 2 atom stereocenters. The molecule has 2 amide bonds. The third-order valence-electron chi connectivity index (χ3n) is 4.36. The Balaban J connectivity index is 2.25. The minimum absolute atomic E-state index is 0.166. The number of hydrogen-bond donors (Lipinski definition) is 1. The van der Waals surface area contributed by atoms with Gasteiger partial charge in [-0.15, -0.1) is 0 Å². The molecule has 9 nitrogen and oxygen atoms in total. The molecular weight excluding hydrogens is 344 g/mol. The predicted molar refractivity (Wildman–Crippen MR) is 90.6 cm³/mol. The number of carboxylic acid groups (broad SMARTS) is 1. The summed E-state index contributed by atoms with van der Waals surface area (Å²) in [6, 6.07) is 4.93. The van der Waals surface area contributed by atoms with Gasteiger partial charge in [-0.1, -0.05) is 13.8 Å². The number of hydrogen-bond acceptors (Lipinski definition) is 6. The number of rotatable bonds is 8. The van der Waals surface area contributed by atoms with Crippen molar-refractivity contribution in [2.75, 3.05) is 4.90 Å². The molecule has 0 unspecified atom stereocenters. The molecule has 1 saturated heterocycles. The molecular formula is C17H20N2O7. The zero-order valence-corrected chi connectivity index (χ0v) is 14.5. The fourth-order valence-corrected chi connectivity index (χ4v) is 2.90. The maximum absolute atomic E-state index is 12.7. The van der Waals surface area contributed by atoms with Crippen LogP contribution in [0.25, 0.3) is 0 Å². The molecule has 0 radical (unpaired) electrons. The standard InChI is InChI=1S/C17H20N2O7/c1-3-12(4-2)26-15(17(22)23)13-9-14(20)18(16(13)21)10-5-7-11(8-6-10)19(24)25/h5-8,12-13,15H,3-4,9H2,1-2H3,(H,22,23)/t13-,15+/m0/s1. The fraction of sp³-hybridized carbons (Fsp3) is 0.471. The van der Waals surface area contributed by atoms with Gasteiger partial charge in [-0.2, -0.15) is 0 Å². The molecule has 0 spiro atoms. The normalized spacial score (nSPS) is 18.4. The van der Waals surface area contributed by atoms with Crippen LogP contribution < -0.4 is 4.90 Å². The highest BCUT2D eigenvalue weighted by atomic mass is 16.6. The third kappa shape index (κ3) is 3.88. The minimum atomic E-state index is -1.42. The Bertz CT molecular complexity index is 712. The lowest BCUT2D eigenvalue weighted by Crippen LogP contribution is -2.40. The van der Waals surface area contributed by atoms with Crippen LogP contribution in [0.4, 0.5) is 11.4 Å². The van der Waals surface area contributed by atoms with E-state index in [9.17, 15) is 29.6 Å². The molecule has 1 aromatic carbocycles. The minimum Gasteiger partial charge on any atom is -0.479 e. The van der Waals surface area contributed by atoms with Crippen LogP contribution in [0, 0.1) is 16.0 Å². The highest BCUT2D eigenvalue weighted by Crippen LogP contribution is 2.31. The second kappa shape index (κ2) is 8.05. The van der Waals surface area contributed by atoms with Crippen molar-refractivity contribution < 1.29 is 29.2 Å². The SMILES string of the molecule is CCC(CC)O[C@@H](C(=O)O)[C@@H]1CC(=O)N(c2ccc([N+](=O)[O-])cc2)C1=O. The summed E-state index contributed by atoms with van der Waals surface area (Å²) in [7, 11) is 0. The Morgan fingerprint density at radius 1 is 1.31 bits per heavy atom. The van der Waals surface area contributed by atoms with Crippen LogP contribution >= 0.6 is 0 Å². The average molecular weight is 364 g/mol. The molecule has 140 valence electrons. The second-order valence-corrected chi connectivity index (χ2v) is 5.98. The number of ether oxygens (including phenoxy) is 1.